The Morgan fingerprint density at radius 2 is 1.97 bits per heavy atom. The molecule has 0 unspecified atom stereocenters. The largest absolute Gasteiger partial charge is 0.476 e. The number of nitrogens with one attached hydrogen (secondary N) is 2. The number of anilines is 2. The standard InChI is InChI=1S/C28H42N4O6/c1-5-37-14-11-30-25(33)19-15-20(18-29-17-19)26(34)32(21-7-8-21)22-9-10-24-23(16-22)31(12-6-13-36-4)27(35)28(2,3)38-24/h9-10,16,19-21,29H,5-8,11-15,17-18H2,1-4H3,(H,30,33)/t19-,20+/m0/s1. The lowest BCUT2D eigenvalue weighted by Gasteiger charge is -2.39. The van der Waals surface area contributed by atoms with E-state index in [0.29, 0.717) is 70.3 Å². The minimum absolute atomic E-state index is 0.0149. The average Bonchev–Trinajstić information content (AvgIpc) is 3.74. The minimum Gasteiger partial charge on any atom is -0.476 e. The molecule has 10 nitrogen and oxygen atoms in total. The molecule has 2 atom stereocenters. The summed E-state index contributed by atoms with van der Waals surface area (Å²) in [4.78, 5) is 43.5. The summed E-state index contributed by atoms with van der Waals surface area (Å²) in [5.41, 5.74) is 0.460. The van der Waals surface area contributed by atoms with Gasteiger partial charge < -0.3 is 34.6 Å². The molecule has 0 bridgehead atoms. The molecule has 2 N–H and O–H groups in total. The van der Waals surface area contributed by atoms with E-state index in [1.807, 2.05) is 30.0 Å². The second kappa shape index (κ2) is 12.4. The van der Waals surface area contributed by atoms with Crippen molar-refractivity contribution in [2.75, 3.05) is 62.9 Å². The average molecular weight is 531 g/mol. The lowest BCUT2D eigenvalue weighted by atomic mass is 9.88. The van der Waals surface area contributed by atoms with Gasteiger partial charge in [-0.25, -0.2) is 0 Å². The zero-order valence-electron chi connectivity index (χ0n) is 23.1. The summed E-state index contributed by atoms with van der Waals surface area (Å²) in [5, 5.41) is 6.21. The van der Waals surface area contributed by atoms with E-state index >= 15 is 0 Å². The van der Waals surface area contributed by atoms with Gasteiger partial charge in [0, 0.05) is 58.2 Å². The monoisotopic (exact) mass is 530 g/mol. The van der Waals surface area contributed by atoms with Crippen molar-refractivity contribution < 1.29 is 28.6 Å². The number of rotatable bonds is 12. The van der Waals surface area contributed by atoms with E-state index in [-0.39, 0.29) is 35.6 Å². The van der Waals surface area contributed by atoms with Crippen LogP contribution in [0.1, 0.15) is 46.5 Å². The molecule has 0 radical (unpaired) electrons. The van der Waals surface area contributed by atoms with Gasteiger partial charge in [-0.2, -0.15) is 0 Å². The fraction of sp³-hybridized carbons (Fsp3) is 0.679. The van der Waals surface area contributed by atoms with Crippen LogP contribution in [0.4, 0.5) is 11.4 Å². The summed E-state index contributed by atoms with van der Waals surface area (Å²) >= 11 is 0. The maximum atomic E-state index is 13.9. The molecule has 210 valence electrons. The van der Waals surface area contributed by atoms with Gasteiger partial charge in [0.1, 0.15) is 5.75 Å². The number of hydrogen-bond donors (Lipinski definition) is 2. The Balaban J connectivity index is 1.52. The number of hydrogen-bond acceptors (Lipinski definition) is 7. The van der Waals surface area contributed by atoms with Gasteiger partial charge in [0.05, 0.1) is 24.1 Å². The minimum atomic E-state index is -0.973. The second-order valence-electron chi connectivity index (χ2n) is 10.8. The molecule has 3 amide bonds. The molecule has 1 saturated carbocycles. The molecular formula is C28H42N4O6. The highest BCUT2D eigenvalue weighted by atomic mass is 16.5. The number of piperidine rings is 1. The highest BCUT2D eigenvalue weighted by molar-refractivity contribution is 6.04. The molecule has 2 heterocycles. The van der Waals surface area contributed by atoms with E-state index in [0.717, 1.165) is 18.5 Å². The van der Waals surface area contributed by atoms with Gasteiger partial charge >= 0.3 is 0 Å². The number of carbonyl (C=O) groups excluding carboxylic acids is 3. The zero-order valence-corrected chi connectivity index (χ0v) is 23.1. The van der Waals surface area contributed by atoms with E-state index in [4.69, 9.17) is 14.2 Å². The molecule has 1 aromatic carbocycles. The summed E-state index contributed by atoms with van der Waals surface area (Å²) < 4.78 is 16.6. The van der Waals surface area contributed by atoms with Crippen LogP contribution in [0, 0.1) is 11.8 Å². The highest BCUT2D eigenvalue weighted by Crippen LogP contribution is 2.43. The van der Waals surface area contributed by atoms with Crippen LogP contribution in [-0.4, -0.2) is 82.5 Å². The Hall–Kier alpha value is -2.69. The number of carbonyl (C=O) groups is 3. The topological polar surface area (TPSA) is 109 Å². The van der Waals surface area contributed by atoms with E-state index in [9.17, 15) is 14.4 Å². The van der Waals surface area contributed by atoms with Crippen molar-refractivity contribution in [2.45, 2.75) is 58.1 Å². The smallest absolute Gasteiger partial charge is 0.270 e. The van der Waals surface area contributed by atoms with Crippen molar-refractivity contribution in [3.8, 4) is 5.75 Å². The second-order valence-corrected chi connectivity index (χ2v) is 10.8. The number of nitrogens with zero attached hydrogens (tertiary/aromatic N) is 2. The first-order valence-corrected chi connectivity index (χ1v) is 13.8. The fourth-order valence-electron chi connectivity index (χ4n) is 5.21. The van der Waals surface area contributed by atoms with Crippen LogP contribution in [0.25, 0.3) is 0 Å². The van der Waals surface area contributed by atoms with Gasteiger partial charge in [-0.1, -0.05) is 0 Å². The molecular weight excluding hydrogens is 488 g/mol. The molecule has 2 aliphatic heterocycles. The molecule has 4 rings (SSSR count). The van der Waals surface area contributed by atoms with Crippen molar-refractivity contribution >= 4 is 29.1 Å². The molecule has 3 aliphatic rings. The molecule has 0 aromatic heterocycles. The van der Waals surface area contributed by atoms with E-state index in [1.165, 1.54) is 0 Å². The first kappa shape index (κ1) is 28.3. The molecule has 10 heteroatoms. The number of benzene rings is 1. The van der Waals surface area contributed by atoms with Gasteiger partial charge in [-0.05, 0) is 64.7 Å². The molecule has 38 heavy (non-hydrogen) atoms. The first-order valence-electron chi connectivity index (χ1n) is 13.8. The summed E-state index contributed by atoms with van der Waals surface area (Å²) in [7, 11) is 1.64. The van der Waals surface area contributed by atoms with Gasteiger partial charge in [-0.15, -0.1) is 0 Å². The lowest BCUT2D eigenvalue weighted by molar-refractivity contribution is -0.132. The van der Waals surface area contributed by atoms with Crippen LogP contribution in [-0.2, 0) is 23.9 Å². The van der Waals surface area contributed by atoms with Crippen LogP contribution in [0.3, 0.4) is 0 Å². The Bertz CT molecular complexity index is 1010. The van der Waals surface area contributed by atoms with Crippen molar-refractivity contribution in [2.24, 2.45) is 11.8 Å². The van der Waals surface area contributed by atoms with Crippen LogP contribution >= 0.6 is 0 Å². The summed E-state index contributed by atoms with van der Waals surface area (Å²) in [6.45, 7) is 9.15. The van der Waals surface area contributed by atoms with E-state index in [2.05, 4.69) is 10.6 Å². The fourth-order valence-corrected chi connectivity index (χ4v) is 5.21. The van der Waals surface area contributed by atoms with Crippen LogP contribution in [0.5, 0.6) is 5.75 Å². The van der Waals surface area contributed by atoms with Crippen LogP contribution in [0.15, 0.2) is 18.2 Å². The Morgan fingerprint density at radius 1 is 1.21 bits per heavy atom. The van der Waals surface area contributed by atoms with E-state index < -0.39 is 5.60 Å². The third kappa shape index (κ3) is 6.47. The maximum absolute atomic E-state index is 13.9. The number of amides is 3. The zero-order chi connectivity index (χ0) is 27.3. The highest BCUT2D eigenvalue weighted by Gasteiger charge is 2.43. The normalized spacial score (nSPS) is 22.4. The van der Waals surface area contributed by atoms with Crippen molar-refractivity contribution in [1.82, 2.24) is 10.6 Å². The van der Waals surface area contributed by atoms with Gasteiger partial charge in [0.25, 0.3) is 5.91 Å². The summed E-state index contributed by atoms with van der Waals surface area (Å²) in [5.74, 6) is -0.0992. The third-order valence-electron chi connectivity index (χ3n) is 7.34. The number of ether oxygens (including phenoxy) is 3. The van der Waals surface area contributed by atoms with Crippen molar-refractivity contribution in [1.29, 1.82) is 0 Å². The third-order valence-corrected chi connectivity index (χ3v) is 7.34. The maximum Gasteiger partial charge on any atom is 0.270 e. The molecule has 2 fully saturated rings. The Kier molecular flexibility index (Phi) is 9.27. The Labute approximate surface area is 225 Å². The molecule has 1 saturated heterocycles. The summed E-state index contributed by atoms with van der Waals surface area (Å²) in [6.07, 6.45) is 3.06. The van der Waals surface area contributed by atoms with Crippen molar-refractivity contribution in [3.63, 3.8) is 0 Å². The van der Waals surface area contributed by atoms with Crippen molar-refractivity contribution in [3.05, 3.63) is 18.2 Å². The predicted molar refractivity (Wildman–Crippen MR) is 144 cm³/mol. The van der Waals surface area contributed by atoms with Gasteiger partial charge in [0.15, 0.2) is 5.60 Å². The summed E-state index contributed by atoms with van der Waals surface area (Å²) in [6, 6.07) is 5.79. The van der Waals surface area contributed by atoms with Crippen LogP contribution in [0.2, 0.25) is 0 Å². The number of methoxy groups -OCH3 is 1. The van der Waals surface area contributed by atoms with E-state index in [1.54, 1.807) is 25.9 Å². The van der Waals surface area contributed by atoms with Gasteiger partial charge in [0.2, 0.25) is 11.8 Å². The lowest BCUT2D eigenvalue weighted by Crippen LogP contribution is -2.53. The SMILES string of the molecule is CCOCCNC(=O)[C@@H]1CNC[C@H](C(=O)N(c2ccc3c(c2)N(CCCOC)C(=O)C(C)(C)O3)C2CC2)C1. The first-order chi connectivity index (χ1) is 18.3. The molecule has 0 spiro atoms. The van der Waals surface area contributed by atoms with Crippen LogP contribution < -0.4 is 25.2 Å². The predicted octanol–water partition coefficient (Wildman–Crippen LogP) is 2.10. The van der Waals surface area contributed by atoms with Gasteiger partial charge in [-0.3, -0.25) is 14.4 Å². The quantitative estimate of drug-likeness (QED) is 0.399. The molecule has 1 aromatic rings. The Morgan fingerprint density at radius 3 is 2.68 bits per heavy atom. The molecule has 1 aliphatic carbocycles. The number of fused-ring (bicyclic) bond motifs is 1.